The highest BCUT2D eigenvalue weighted by Crippen LogP contribution is 2.19. The molecule has 1 atom stereocenters. The molecule has 4 nitrogen and oxygen atoms in total. The monoisotopic (exact) mass is 289 g/mol. The summed E-state index contributed by atoms with van der Waals surface area (Å²) in [6.45, 7) is 0. The van der Waals surface area contributed by atoms with Gasteiger partial charge in [-0.25, -0.2) is 4.39 Å². The van der Waals surface area contributed by atoms with Crippen molar-refractivity contribution in [3.05, 3.63) is 59.9 Å². The first kappa shape index (κ1) is 15.0. The van der Waals surface area contributed by atoms with Gasteiger partial charge in [-0.2, -0.15) is 0 Å². The van der Waals surface area contributed by atoms with Crippen molar-refractivity contribution in [3.63, 3.8) is 0 Å². The van der Waals surface area contributed by atoms with Crippen LogP contribution in [0.3, 0.4) is 0 Å². The molecule has 21 heavy (non-hydrogen) atoms. The zero-order valence-corrected chi connectivity index (χ0v) is 11.5. The van der Waals surface area contributed by atoms with Crippen molar-refractivity contribution in [2.75, 3.05) is 12.4 Å². The highest BCUT2D eigenvalue weighted by Gasteiger charge is 2.13. The summed E-state index contributed by atoms with van der Waals surface area (Å²) in [6.07, 6.45) is -1.19. The van der Waals surface area contributed by atoms with E-state index in [1.807, 2.05) is 0 Å². The Morgan fingerprint density at radius 1 is 1.29 bits per heavy atom. The second-order valence-corrected chi connectivity index (χ2v) is 4.55. The average molecular weight is 289 g/mol. The summed E-state index contributed by atoms with van der Waals surface area (Å²) in [7, 11) is 1.56. The predicted octanol–water partition coefficient (Wildman–Crippen LogP) is 2.90. The van der Waals surface area contributed by atoms with Crippen LogP contribution in [0, 0.1) is 5.82 Å². The van der Waals surface area contributed by atoms with Gasteiger partial charge in [0, 0.05) is 5.69 Å². The van der Waals surface area contributed by atoms with Gasteiger partial charge in [0.05, 0.1) is 19.6 Å². The van der Waals surface area contributed by atoms with Crippen LogP contribution in [0.2, 0.25) is 0 Å². The lowest BCUT2D eigenvalue weighted by atomic mass is 10.1. The molecule has 5 heteroatoms. The molecule has 1 unspecified atom stereocenters. The lowest BCUT2D eigenvalue weighted by Gasteiger charge is -2.11. The van der Waals surface area contributed by atoms with Crippen molar-refractivity contribution in [3.8, 4) is 5.75 Å². The van der Waals surface area contributed by atoms with E-state index in [1.54, 1.807) is 37.4 Å². The molecule has 0 saturated heterocycles. The van der Waals surface area contributed by atoms with Crippen LogP contribution >= 0.6 is 0 Å². The van der Waals surface area contributed by atoms with E-state index in [1.165, 1.54) is 18.2 Å². The molecule has 2 aromatic carbocycles. The number of methoxy groups -OCH3 is 1. The maximum Gasteiger partial charge on any atom is 0.227 e. The summed E-state index contributed by atoms with van der Waals surface area (Å²) in [5, 5.41) is 12.6. The van der Waals surface area contributed by atoms with Gasteiger partial charge in [0.15, 0.2) is 0 Å². The third kappa shape index (κ3) is 4.29. The average Bonchev–Trinajstić information content (AvgIpc) is 2.48. The first-order chi connectivity index (χ1) is 10.1. The molecule has 0 radical (unpaired) electrons. The van der Waals surface area contributed by atoms with Crippen molar-refractivity contribution in [2.24, 2.45) is 0 Å². The number of carbonyl (C=O) groups is 1. The molecule has 0 saturated carbocycles. The van der Waals surface area contributed by atoms with Crippen molar-refractivity contribution in [2.45, 2.75) is 12.5 Å². The van der Waals surface area contributed by atoms with Gasteiger partial charge < -0.3 is 15.2 Å². The second-order valence-electron chi connectivity index (χ2n) is 4.55. The van der Waals surface area contributed by atoms with Gasteiger partial charge in [-0.05, 0) is 42.0 Å². The standard InChI is InChI=1S/C16H16FNO3/c1-21-14-7-5-13(6-8-14)18-16(20)10-15(19)11-3-2-4-12(17)9-11/h2-9,15,19H,10H2,1H3,(H,18,20). The molecule has 0 aliphatic rings. The number of hydrogen-bond acceptors (Lipinski definition) is 3. The molecule has 2 rings (SSSR count). The number of rotatable bonds is 5. The van der Waals surface area contributed by atoms with Crippen LogP contribution in [0.15, 0.2) is 48.5 Å². The van der Waals surface area contributed by atoms with Crippen molar-refractivity contribution in [1.82, 2.24) is 0 Å². The smallest absolute Gasteiger partial charge is 0.227 e. The first-order valence-corrected chi connectivity index (χ1v) is 6.46. The first-order valence-electron chi connectivity index (χ1n) is 6.46. The number of ether oxygens (including phenoxy) is 1. The number of hydrogen-bond donors (Lipinski definition) is 2. The normalized spacial score (nSPS) is 11.8. The molecule has 0 fully saturated rings. The Kier molecular flexibility index (Phi) is 4.90. The van der Waals surface area contributed by atoms with Crippen LogP contribution in [0.4, 0.5) is 10.1 Å². The number of amides is 1. The van der Waals surface area contributed by atoms with Crippen LogP contribution in [-0.4, -0.2) is 18.1 Å². The third-order valence-electron chi connectivity index (χ3n) is 2.99. The maximum atomic E-state index is 13.1. The number of aliphatic hydroxyl groups is 1. The molecule has 110 valence electrons. The van der Waals surface area contributed by atoms with Gasteiger partial charge in [-0.3, -0.25) is 4.79 Å². The van der Waals surface area contributed by atoms with Gasteiger partial charge >= 0.3 is 0 Å². The van der Waals surface area contributed by atoms with E-state index in [-0.39, 0.29) is 12.3 Å². The topological polar surface area (TPSA) is 58.6 Å². The van der Waals surface area contributed by atoms with E-state index in [0.717, 1.165) is 0 Å². The highest BCUT2D eigenvalue weighted by atomic mass is 19.1. The Bertz CT molecular complexity index is 613. The molecule has 0 spiro atoms. The number of nitrogens with one attached hydrogen (secondary N) is 1. The van der Waals surface area contributed by atoms with E-state index in [0.29, 0.717) is 17.0 Å². The third-order valence-corrected chi connectivity index (χ3v) is 2.99. The fraction of sp³-hybridized carbons (Fsp3) is 0.188. The quantitative estimate of drug-likeness (QED) is 0.889. The Hall–Kier alpha value is -2.40. The minimum absolute atomic E-state index is 0.143. The number of benzene rings is 2. The predicted molar refractivity (Wildman–Crippen MR) is 77.6 cm³/mol. The number of halogens is 1. The minimum Gasteiger partial charge on any atom is -0.497 e. The van der Waals surface area contributed by atoms with E-state index in [4.69, 9.17) is 4.74 Å². The molecule has 2 aromatic rings. The second kappa shape index (κ2) is 6.85. The summed E-state index contributed by atoms with van der Waals surface area (Å²) in [6, 6.07) is 12.4. The summed E-state index contributed by atoms with van der Waals surface area (Å²) in [5.41, 5.74) is 0.979. The van der Waals surface area contributed by atoms with Crippen LogP contribution in [-0.2, 0) is 4.79 Å². The lowest BCUT2D eigenvalue weighted by Crippen LogP contribution is -2.15. The molecule has 0 aromatic heterocycles. The van der Waals surface area contributed by atoms with Crippen molar-refractivity contribution in [1.29, 1.82) is 0 Å². The molecule has 0 aliphatic carbocycles. The molecular formula is C16H16FNO3. The Morgan fingerprint density at radius 3 is 2.62 bits per heavy atom. The fourth-order valence-electron chi connectivity index (χ4n) is 1.89. The van der Waals surface area contributed by atoms with Crippen molar-refractivity contribution < 1.29 is 19.0 Å². The van der Waals surface area contributed by atoms with E-state index in [9.17, 15) is 14.3 Å². The molecule has 2 N–H and O–H groups in total. The molecular weight excluding hydrogens is 273 g/mol. The number of aliphatic hydroxyl groups excluding tert-OH is 1. The van der Waals surface area contributed by atoms with Gasteiger partial charge in [0.2, 0.25) is 5.91 Å². The van der Waals surface area contributed by atoms with E-state index < -0.39 is 11.9 Å². The van der Waals surface area contributed by atoms with E-state index >= 15 is 0 Å². The molecule has 1 amide bonds. The summed E-state index contributed by atoms with van der Waals surface area (Å²) in [4.78, 5) is 11.8. The zero-order chi connectivity index (χ0) is 15.2. The largest absolute Gasteiger partial charge is 0.497 e. The SMILES string of the molecule is COc1ccc(NC(=O)CC(O)c2cccc(F)c2)cc1. The Balaban J connectivity index is 1.94. The summed E-state index contributed by atoms with van der Waals surface area (Å²) >= 11 is 0. The summed E-state index contributed by atoms with van der Waals surface area (Å²) in [5.74, 6) is -0.105. The van der Waals surface area contributed by atoms with E-state index in [2.05, 4.69) is 5.32 Å². The molecule has 0 aliphatic heterocycles. The maximum absolute atomic E-state index is 13.1. The fourth-order valence-corrected chi connectivity index (χ4v) is 1.89. The van der Waals surface area contributed by atoms with Crippen LogP contribution in [0.25, 0.3) is 0 Å². The van der Waals surface area contributed by atoms with Crippen LogP contribution in [0.1, 0.15) is 18.1 Å². The zero-order valence-electron chi connectivity index (χ0n) is 11.5. The Morgan fingerprint density at radius 2 is 2.00 bits per heavy atom. The van der Waals surface area contributed by atoms with Crippen LogP contribution in [0.5, 0.6) is 5.75 Å². The van der Waals surface area contributed by atoms with Crippen LogP contribution < -0.4 is 10.1 Å². The molecule has 0 heterocycles. The highest BCUT2D eigenvalue weighted by molar-refractivity contribution is 5.91. The number of anilines is 1. The van der Waals surface area contributed by atoms with Gasteiger partial charge in [0.1, 0.15) is 11.6 Å². The minimum atomic E-state index is -1.04. The van der Waals surface area contributed by atoms with Gasteiger partial charge in [0.25, 0.3) is 0 Å². The van der Waals surface area contributed by atoms with Gasteiger partial charge in [-0.15, -0.1) is 0 Å². The number of carbonyl (C=O) groups excluding carboxylic acids is 1. The molecule has 0 bridgehead atoms. The van der Waals surface area contributed by atoms with Crippen molar-refractivity contribution >= 4 is 11.6 Å². The van der Waals surface area contributed by atoms with Gasteiger partial charge in [-0.1, -0.05) is 12.1 Å². The summed E-state index contributed by atoms with van der Waals surface area (Å²) < 4.78 is 18.1. The Labute approximate surface area is 122 Å². The lowest BCUT2D eigenvalue weighted by molar-refractivity contribution is -0.118.